The van der Waals surface area contributed by atoms with E-state index in [4.69, 9.17) is 9.98 Å². The maximum absolute atomic E-state index is 4.71. The minimum atomic E-state index is 0. The second-order valence-electron chi connectivity index (χ2n) is 6.13. The first-order valence-electron chi connectivity index (χ1n) is 8.74. The summed E-state index contributed by atoms with van der Waals surface area (Å²) in [5.74, 6) is 0.945. The number of benzene rings is 1. The highest BCUT2D eigenvalue weighted by molar-refractivity contribution is 14.0. The molecule has 2 N–H and O–H groups in total. The first-order chi connectivity index (χ1) is 11.3. The lowest BCUT2D eigenvalue weighted by molar-refractivity contribution is 0.614. The summed E-state index contributed by atoms with van der Waals surface area (Å²) >= 11 is 0. The highest BCUT2D eigenvalue weighted by Crippen LogP contribution is 2.17. The lowest BCUT2D eigenvalue weighted by atomic mass is 10.2. The third-order valence-corrected chi connectivity index (χ3v) is 4.33. The highest BCUT2D eigenvalue weighted by Gasteiger charge is 2.15. The monoisotopic (exact) mass is 438 g/mol. The molecule has 2 aromatic rings. The molecule has 1 aliphatic rings. The molecule has 0 bridgehead atoms. The molecule has 0 saturated heterocycles. The van der Waals surface area contributed by atoms with Crippen LogP contribution in [0.5, 0.6) is 0 Å². The first-order valence-corrected chi connectivity index (χ1v) is 8.74. The fourth-order valence-corrected chi connectivity index (χ4v) is 3.11. The van der Waals surface area contributed by atoms with Crippen LogP contribution in [0.1, 0.15) is 38.3 Å². The molecule has 1 aromatic carbocycles. The van der Waals surface area contributed by atoms with Crippen LogP contribution in [0.4, 0.5) is 0 Å². The van der Waals surface area contributed by atoms with Crippen LogP contribution in [-0.4, -0.2) is 30.1 Å². The van der Waals surface area contributed by atoms with Crippen molar-refractivity contribution in [3.63, 3.8) is 0 Å². The Morgan fingerprint density at radius 3 is 2.75 bits per heavy atom. The van der Waals surface area contributed by atoms with Gasteiger partial charge in [0.2, 0.25) is 0 Å². The summed E-state index contributed by atoms with van der Waals surface area (Å²) in [6.45, 7) is 3.76. The predicted molar refractivity (Wildman–Crippen MR) is 112 cm³/mol. The molecule has 130 valence electrons. The van der Waals surface area contributed by atoms with Crippen molar-refractivity contribution in [2.45, 2.75) is 45.1 Å². The average Bonchev–Trinajstić information content (AvgIpc) is 3.08. The summed E-state index contributed by atoms with van der Waals surface area (Å²) in [5, 5.41) is 8.09. The smallest absolute Gasteiger partial charge is 0.191 e. The topological polar surface area (TPSA) is 49.3 Å². The molecule has 1 heterocycles. The second kappa shape index (κ2) is 9.81. The van der Waals surface area contributed by atoms with Gasteiger partial charge < -0.3 is 10.6 Å². The van der Waals surface area contributed by atoms with Gasteiger partial charge in [0.1, 0.15) is 0 Å². The largest absolute Gasteiger partial charge is 0.357 e. The van der Waals surface area contributed by atoms with Crippen LogP contribution in [0.2, 0.25) is 0 Å². The summed E-state index contributed by atoms with van der Waals surface area (Å²) in [6, 6.07) is 13.1. The molecule has 0 radical (unpaired) electrons. The average molecular weight is 438 g/mol. The van der Waals surface area contributed by atoms with Gasteiger partial charge in [-0.15, -0.1) is 24.0 Å². The molecule has 0 aliphatic heterocycles. The maximum Gasteiger partial charge on any atom is 0.191 e. The first kappa shape index (κ1) is 19.0. The van der Waals surface area contributed by atoms with Crippen molar-refractivity contribution < 1.29 is 0 Å². The Bertz CT molecular complexity index is 665. The van der Waals surface area contributed by atoms with Crippen LogP contribution in [0, 0.1) is 0 Å². The van der Waals surface area contributed by atoms with Gasteiger partial charge in [0.25, 0.3) is 0 Å². The molecule has 1 aliphatic carbocycles. The number of halogens is 1. The molecule has 3 rings (SSSR count). The summed E-state index contributed by atoms with van der Waals surface area (Å²) in [6.07, 6.45) is 6.05. The number of fused-ring (bicyclic) bond motifs is 1. The fourth-order valence-electron chi connectivity index (χ4n) is 3.11. The Kier molecular flexibility index (Phi) is 7.75. The molecular weight excluding hydrogens is 411 g/mol. The van der Waals surface area contributed by atoms with Crippen molar-refractivity contribution in [3.8, 4) is 0 Å². The van der Waals surface area contributed by atoms with Crippen molar-refractivity contribution in [1.29, 1.82) is 0 Å². The SMILES string of the molecule is CCNC(=NCCc1ccc2ccccc2n1)NC1CCCC1.I. The van der Waals surface area contributed by atoms with Crippen molar-refractivity contribution in [2.75, 3.05) is 13.1 Å². The lowest BCUT2D eigenvalue weighted by Gasteiger charge is -2.16. The molecule has 0 spiro atoms. The number of hydrogen-bond acceptors (Lipinski definition) is 2. The van der Waals surface area contributed by atoms with E-state index in [0.717, 1.165) is 36.7 Å². The zero-order chi connectivity index (χ0) is 15.9. The van der Waals surface area contributed by atoms with E-state index >= 15 is 0 Å². The molecular formula is C19H27IN4. The van der Waals surface area contributed by atoms with Crippen LogP contribution in [0.15, 0.2) is 41.4 Å². The summed E-state index contributed by atoms with van der Waals surface area (Å²) in [4.78, 5) is 9.42. The minimum Gasteiger partial charge on any atom is -0.357 e. The van der Waals surface area contributed by atoms with Gasteiger partial charge in [0, 0.05) is 36.6 Å². The quantitative estimate of drug-likeness (QED) is 0.423. The summed E-state index contributed by atoms with van der Waals surface area (Å²) < 4.78 is 0. The molecule has 5 heteroatoms. The number of rotatable bonds is 5. The van der Waals surface area contributed by atoms with Crippen molar-refractivity contribution in [2.24, 2.45) is 4.99 Å². The van der Waals surface area contributed by atoms with E-state index in [1.807, 2.05) is 12.1 Å². The minimum absolute atomic E-state index is 0. The maximum atomic E-state index is 4.71. The Morgan fingerprint density at radius 2 is 1.96 bits per heavy atom. The van der Waals surface area contributed by atoms with E-state index in [2.05, 4.69) is 41.8 Å². The van der Waals surface area contributed by atoms with Gasteiger partial charge in [0.05, 0.1) is 5.52 Å². The van der Waals surface area contributed by atoms with E-state index < -0.39 is 0 Å². The normalized spacial score (nSPS) is 15.3. The van der Waals surface area contributed by atoms with Gasteiger partial charge in [0.15, 0.2) is 5.96 Å². The van der Waals surface area contributed by atoms with Crippen LogP contribution in [0.25, 0.3) is 10.9 Å². The molecule has 1 saturated carbocycles. The number of pyridine rings is 1. The molecule has 0 unspecified atom stereocenters. The Hall–Kier alpha value is -1.37. The van der Waals surface area contributed by atoms with E-state index in [9.17, 15) is 0 Å². The van der Waals surface area contributed by atoms with E-state index in [1.54, 1.807) is 0 Å². The molecule has 1 fully saturated rings. The predicted octanol–water partition coefficient (Wildman–Crippen LogP) is 3.89. The van der Waals surface area contributed by atoms with E-state index in [-0.39, 0.29) is 24.0 Å². The number of nitrogens with zero attached hydrogens (tertiary/aromatic N) is 2. The Morgan fingerprint density at radius 1 is 1.17 bits per heavy atom. The third-order valence-electron chi connectivity index (χ3n) is 4.33. The molecule has 1 aromatic heterocycles. The number of nitrogens with one attached hydrogen (secondary N) is 2. The third kappa shape index (κ3) is 5.33. The molecule has 4 nitrogen and oxygen atoms in total. The molecule has 0 amide bonds. The number of para-hydroxylation sites is 1. The summed E-state index contributed by atoms with van der Waals surface area (Å²) in [7, 11) is 0. The van der Waals surface area contributed by atoms with Crippen molar-refractivity contribution in [3.05, 3.63) is 42.1 Å². The molecule has 0 atom stereocenters. The second-order valence-corrected chi connectivity index (χ2v) is 6.13. The van der Waals surface area contributed by atoms with Gasteiger partial charge in [-0.05, 0) is 31.9 Å². The van der Waals surface area contributed by atoms with Gasteiger partial charge in [-0.3, -0.25) is 9.98 Å². The standard InChI is InChI=1S/C19H26N4.HI/c1-2-20-19(23-16-8-4-5-9-16)21-14-13-17-12-11-15-7-3-6-10-18(15)22-17;/h3,6-7,10-12,16H,2,4-5,8-9,13-14H2,1H3,(H2,20,21,23);1H. The Balaban J connectivity index is 0.00000208. The van der Waals surface area contributed by atoms with Crippen molar-refractivity contribution in [1.82, 2.24) is 15.6 Å². The van der Waals surface area contributed by atoms with Gasteiger partial charge in [-0.1, -0.05) is 37.1 Å². The number of aliphatic imine (C=N–C) groups is 1. The number of aromatic nitrogens is 1. The zero-order valence-corrected chi connectivity index (χ0v) is 16.6. The van der Waals surface area contributed by atoms with Crippen molar-refractivity contribution >= 4 is 40.8 Å². The Labute approximate surface area is 161 Å². The van der Waals surface area contributed by atoms with Crippen LogP contribution < -0.4 is 10.6 Å². The van der Waals surface area contributed by atoms with Gasteiger partial charge in [-0.25, -0.2) is 0 Å². The summed E-state index contributed by atoms with van der Waals surface area (Å²) in [5.41, 5.74) is 2.16. The van der Waals surface area contributed by atoms with E-state index in [0.29, 0.717) is 6.04 Å². The fraction of sp³-hybridized carbons (Fsp3) is 0.474. The zero-order valence-electron chi connectivity index (χ0n) is 14.3. The van der Waals surface area contributed by atoms with E-state index in [1.165, 1.54) is 31.1 Å². The van der Waals surface area contributed by atoms with Gasteiger partial charge >= 0.3 is 0 Å². The van der Waals surface area contributed by atoms with Crippen LogP contribution in [0.3, 0.4) is 0 Å². The highest BCUT2D eigenvalue weighted by atomic mass is 127. The van der Waals surface area contributed by atoms with Crippen LogP contribution in [-0.2, 0) is 6.42 Å². The van der Waals surface area contributed by atoms with Crippen LogP contribution >= 0.6 is 24.0 Å². The van der Waals surface area contributed by atoms with Gasteiger partial charge in [-0.2, -0.15) is 0 Å². The lowest BCUT2D eigenvalue weighted by Crippen LogP contribution is -2.42. The number of guanidine groups is 1. The number of hydrogen-bond donors (Lipinski definition) is 2. The molecule has 24 heavy (non-hydrogen) atoms.